The summed E-state index contributed by atoms with van der Waals surface area (Å²) in [4.78, 5) is 15.5. The van der Waals surface area contributed by atoms with Gasteiger partial charge in [0.1, 0.15) is 5.94 Å². The number of sulfone groups is 2. The highest BCUT2D eigenvalue weighted by Crippen LogP contribution is 2.13. The fourth-order valence-corrected chi connectivity index (χ4v) is 6.68. The molecule has 1 N–H and O–H groups in total. The van der Waals surface area contributed by atoms with Crippen LogP contribution < -0.4 is 5.48 Å². The molecule has 0 aromatic carbocycles. The molecule has 0 unspecified atom stereocenters. The number of methoxy groups -OCH3 is 1. The topological polar surface area (TPSA) is 125 Å². The van der Waals surface area contributed by atoms with Crippen molar-refractivity contribution in [1.82, 2.24) is 5.48 Å². The standard InChI is InChI=1S/C11H23NO8S3/c1-11(2,6-12-19-4)20-7-22(14,15)9-23(16,17)8-21-5-10(13)18-3/h12H,5-9H2,1-4H3. The van der Waals surface area contributed by atoms with Gasteiger partial charge in [0.15, 0.2) is 24.8 Å². The van der Waals surface area contributed by atoms with E-state index < -0.39 is 47.4 Å². The van der Waals surface area contributed by atoms with Crippen molar-refractivity contribution in [3.05, 3.63) is 0 Å². The van der Waals surface area contributed by atoms with E-state index in [1.807, 2.05) is 0 Å². The van der Waals surface area contributed by atoms with Crippen LogP contribution in [0.2, 0.25) is 0 Å². The van der Waals surface area contributed by atoms with Crippen molar-refractivity contribution in [2.75, 3.05) is 42.6 Å². The third-order valence-corrected chi connectivity index (χ3v) is 8.23. The zero-order valence-corrected chi connectivity index (χ0v) is 16.0. The first-order valence-electron chi connectivity index (χ1n) is 6.38. The van der Waals surface area contributed by atoms with Crippen molar-refractivity contribution >= 4 is 37.4 Å². The Morgan fingerprint density at radius 3 is 2.26 bits per heavy atom. The monoisotopic (exact) mass is 393 g/mol. The number of nitrogens with one attached hydrogen (secondary N) is 1. The van der Waals surface area contributed by atoms with Crippen molar-refractivity contribution in [2.24, 2.45) is 0 Å². The number of hydroxylamine groups is 1. The van der Waals surface area contributed by atoms with Crippen LogP contribution >= 0.6 is 11.8 Å². The summed E-state index contributed by atoms with van der Waals surface area (Å²) in [7, 11) is -5.25. The SMILES string of the molecule is CONCC(C)(C)OCS(=O)(=O)CS(=O)(=O)CSCC(=O)OC. The van der Waals surface area contributed by atoms with Gasteiger partial charge in [-0.2, -0.15) is 0 Å². The maximum absolute atomic E-state index is 11.9. The van der Waals surface area contributed by atoms with E-state index in [2.05, 4.69) is 15.1 Å². The number of hydrogen-bond donors (Lipinski definition) is 1. The van der Waals surface area contributed by atoms with Crippen LogP contribution in [0.15, 0.2) is 0 Å². The highest BCUT2D eigenvalue weighted by atomic mass is 32.3. The van der Waals surface area contributed by atoms with Crippen molar-refractivity contribution in [3.8, 4) is 0 Å². The first-order chi connectivity index (χ1) is 10.4. The molecule has 9 nitrogen and oxygen atoms in total. The van der Waals surface area contributed by atoms with Crippen LogP contribution in [0.5, 0.6) is 0 Å². The molecule has 0 fully saturated rings. The first-order valence-corrected chi connectivity index (χ1v) is 11.2. The third-order valence-electron chi connectivity index (χ3n) is 2.34. The number of esters is 1. The molecular formula is C11H23NO8S3. The summed E-state index contributed by atoms with van der Waals surface area (Å²) < 4.78 is 56.9. The number of carbonyl (C=O) groups excluding carboxylic acids is 1. The Kier molecular flexibility index (Phi) is 9.62. The zero-order chi connectivity index (χ0) is 18.1. The molecule has 23 heavy (non-hydrogen) atoms. The third kappa shape index (κ3) is 11.7. The van der Waals surface area contributed by atoms with Crippen LogP contribution in [0.4, 0.5) is 0 Å². The second-order valence-electron chi connectivity index (χ2n) is 5.19. The van der Waals surface area contributed by atoms with Crippen LogP contribution in [-0.2, 0) is 38.8 Å². The van der Waals surface area contributed by atoms with Crippen LogP contribution in [0.25, 0.3) is 0 Å². The summed E-state index contributed by atoms with van der Waals surface area (Å²) in [6, 6.07) is 0. The quantitative estimate of drug-likeness (QED) is 0.344. The summed E-state index contributed by atoms with van der Waals surface area (Å²) in [6.45, 7) is 3.49. The minimum atomic E-state index is -3.96. The molecule has 0 saturated heterocycles. The minimum absolute atomic E-state index is 0.165. The van der Waals surface area contributed by atoms with Gasteiger partial charge in [-0.1, -0.05) is 0 Å². The molecule has 0 amide bonds. The highest BCUT2D eigenvalue weighted by molar-refractivity contribution is 8.17. The van der Waals surface area contributed by atoms with Gasteiger partial charge in [0.25, 0.3) is 0 Å². The van der Waals surface area contributed by atoms with Crippen LogP contribution in [-0.4, -0.2) is 71.0 Å². The lowest BCUT2D eigenvalue weighted by molar-refractivity contribution is -0.137. The molecule has 0 aromatic rings. The van der Waals surface area contributed by atoms with E-state index in [1.165, 1.54) is 14.2 Å². The van der Waals surface area contributed by atoms with Crippen molar-refractivity contribution in [1.29, 1.82) is 0 Å². The lowest BCUT2D eigenvalue weighted by atomic mass is 10.1. The zero-order valence-electron chi connectivity index (χ0n) is 13.5. The Labute approximate surface area is 141 Å². The number of carbonyl (C=O) groups is 1. The Hall–Kier alpha value is -0.400. The molecular weight excluding hydrogens is 370 g/mol. The van der Waals surface area contributed by atoms with Gasteiger partial charge in [-0.15, -0.1) is 11.8 Å². The van der Waals surface area contributed by atoms with E-state index in [1.54, 1.807) is 13.8 Å². The summed E-state index contributed by atoms with van der Waals surface area (Å²) in [6.07, 6.45) is 0. The summed E-state index contributed by atoms with van der Waals surface area (Å²) in [5.41, 5.74) is 1.68. The van der Waals surface area contributed by atoms with Gasteiger partial charge in [0, 0.05) is 6.54 Å². The molecule has 0 saturated carbocycles. The van der Waals surface area contributed by atoms with Crippen molar-refractivity contribution < 1.29 is 35.9 Å². The van der Waals surface area contributed by atoms with Crippen molar-refractivity contribution in [3.63, 3.8) is 0 Å². The van der Waals surface area contributed by atoms with Gasteiger partial charge in [-0.05, 0) is 13.8 Å². The molecule has 0 aromatic heterocycles. The Bertz CT molecular complexity index is 570. The lowest BCUT2D eigenvalue weighted by Gasteiger charge is -2.24. The average Bonchev–Trinajstić information content (AvgIpc) is 2.42. The maximum Gasteiger partial charge on any atom is 0.315 e. The number of rotatable bonds is 12. The number of hydrogen-bond acceptors (Lipinski definition) is 10. The fourth-order valence-electron chi connectivity index (χ4n) is 1.20. The van der Waals surface area contributed by atoms with Gasteiger partial charge >= 0.3 is 5.97 Å². The minimum Gasteiger partial charge on any atom is -0.468 e. The van der Waals surface area contributed by atoms with Gasteiger partial charge < -0.3 is 14.3 Å². The molecule has 0 radical (unpaired) electrons. The predicted octanol–water partition coefficient (Wildman–Crippen LogP) is -0.459. The van der Waals surface area contributed by atoms with Gasteiger partial charge in [0.05, 0.1) is 30.7 Å². The van der Waals surface area contributed by atoms with Crippen LogP contribution in [0, 0.1) is 0 Å². The molecule has 12 heteroatoms. The molecule has 0 atom stereocenters. The molecule has 0 bridgehead atoms. The van der Waals surface area contributed by atoms with E-state index in [9.17, 15) is 21.6 Å². The van der Waals surface area contributed by atoms with Crippen LogP contribution in [0.3, 0.4) is 0 Å². The van der Waals surface area contributed by atoms with E-state index >= 15 is 0 Å². The smallest absolute Gasteiger partial charge is 0.315 e. The molecule has 0 rings (SSSR count). The summed E-state index contributed by atoms with van der Waals surface area (Å²) in [5, 5.41) is -1.53. The molecule has 0 aliphatic rings. The Morgan fingerprint density at radius 2 is 1.74 bits per heavy atom. The van der Waals surface area contributed by atoms with E-state index in [4.69, 9.17) is 4.74 Å². The van der Waals surface area contributed by atoms with Gasteiger partial charge in [-0.3, -0.25) is 4.79 Å². The van der Waals surface area contributed by atoms with Crippen molar-refractivity contribution in [2.45, 2.75) is 19.4 Å². The van der Waals surface area contributed by atoms with Gasteiger partial charge in [0.2, 0.25) is 0 Å². The van der Waals surface area contributed by atoms with E-state index in [0.29, 0.717) is 0 Å². The molecule has 0 aliphatic heterocycles. The molecule has 138 valence electrons. The average molecular weight is 394 g/mol. The fraction of sp³-hybridized carbons (Fsp3) is 0.909. The molecule has 0 aliphatic carbocycles. The Morgan fingerprint density at radius 1 is 1.13 bits per heavy atom. The summed E-state index contributed by atoms with van der Waals surface area (Å²) >= 11 is 0.774. The highest BCUT2D eigenvalue weighted by Gasteiger charge is 2.27. The molecule has 0 spiro atoms. The van der Waals surface area contributed by atoms with E-state index in [-0.39, 0.29) is 12.3 Å². The second kappa shape index (κ2) is 9.79. The van der Waals surface area contributed by atoms with E-state index in [0.717, 1.165) is 11.8 Å². The predicted molar refractivity (Wildman–Crippen MR) is 87.1 cm³/mol. The number of thioether (sulfide) groups is 1. The molecule has 0 heterocycles. The number of ether oxygens (including phenoxy) is 2. The summed E-state index contributed by atoms with van der Waals surface area (Å²) in [5.74, 6) is -1.47. The Balaban J connectivity index is 4.46. The second-order valence-corrected chi connectivity index (χ2v) is 11.0. The normalized spacial score (nSPS) is 13.0. The largest absolute Gasteiger partial charge is 0.468 e. The maximum atomic E-state index is 11.9. The lowest BCUT2D eigenvalue weighted by Crippen LogP contribution is -2.39. The first kappa shape index (κ1) is 22.6. The van der Waals surface area contributed by atoms with Crippen LogP contribution in [0.1, 0.15) is 13.8 Å². The van der Waals surface area contributed by atoms with Gasteiger partial charge in [-0.25, -0.2) is 22.3 Å².